The monoisotopic (exact) mass is 394 g/mol. The molecule has 1 aliphatic carbocycles. The number of rotatable bonds is 16. The molecule has 1 saturated carbocycles. The van der Waals surface area contributed by atoms with Gasteiger partial charge < -0.3 is 4.74 Å². The quantitative estimate of drug-likeness (QED) is 0.207. The third-order valence-corrected chi connectivity index (χ3v) is 7.24. The van der Waals surface area contributed by atoms with E-state index in [-0.39, 0.29) is 29.7 Å². The van der Waals surface area contributed by atoms with E-state index in [4.69, 9.17) is 4.74 Å². The number of Topliss-reactive ketones (excluding diaryl/α,β-unsaturated/α-hetero) is 1. The molecule has 3 unspecified atom stereocenters. The Morgan fingerprint density at radius 1 is 0.857 bits per heavy atom. The molecule has 3 nitrogen and oxygen atoms in total. The Kier molecular flexibility index (Phi) is 11.4. The maximum atomic E-state index is 12.7. The zero-order valence-electron chi connectivity index (χ0n) is 19.5. The van der Waals surface area contributed by atoms with Crippen LogP contribution in [0.25, 0.3) is 0 Å². The second-order valence-electron chi connectivity index (χ2n) is 9.84. The van der Waals surface area contributed by atoms with Crippen molar-refractivity contribution in [3.63, 3.8) is 0 Å². The van der Waals surface area contributed by atoms with E-state index in [0.29, 0.717) is 24.2 Å². The van der Waals surface area contributed by atoms with Gasteiger partial charge in [-0.05, 0) is 24.2 Å². The first-order chi connectivity index (χ1) is 13.2. The maximum Gasteiger partial charge on any atom is 0.306 e. The van der Waals surface area contributed by atoms with E-state index in [9.17, 15) is 9.59 Å². The smallest absolute Gasteiger partial charge is 0.306 e. The van der Waals surface area contributed by atoms with Crippen molar-refractivity contribution >= 4 is 11.8 Å². The molecule has 0 aromatic carbocycles. The van der Waals surface area contributed by atoms with Crippen molar-refractivity contribution in [3.8, 4) is 0 Å². The zero-order chi connectivity index (χ0) is 21.2. The van der Waals surface area contributed by atoms with Gasteiger partial charge in [0.1, 0.15) is 11.9 Å². The first-order valence-electron chi connectivity index (χ1n) is 11.9. The van der Waals surface area contributed by atoms with Crippen molar-refractivity contribution in [2.45, 2.75) is 125 Å². The Hall–Kier alpha value is -0.860. The molecule has 0 N–H and O–H groups in total. The van der Waals surface area contributed by atoms with Crippen LogP contribution in [0.15, 0.2) is 0 Å². The number of ether oxygens (including phenoxy) is 1. The fourth-order valence-electron chi connectivity index (χ4n) is 3.98. The molecule has 0 aromatic rings. The van der Waals surface area contributed by atoms with E-state index >= 15 is 0 Å². The van der Waals surface area contributed by atoms with Gasteiger partial charge in [0.15, 0.2) is 0 Å². The van der Waals surface area contributed by atoms with Crippen molar-refractivity contribution in [2.75, 3.05) is 0 Å². The van der Waals surface area contributed by atoms with Crippen molar-refractivity contribution in [2.24, 2.45) is 23.2 Å². The molecule has 1 aliphatic rings. The summed E-state index contributed by atoms with van der Waals surface area (Å²) >= 11 is 0. The standard InChI is InChI=1S/C25H46O3/c1-7-8-9-10-11-12-13-14-15-16-19(2)25(5,6)22(26)17-18-23(27)28-24-20(3)21(24)4/h19-21,24H,7-18H2,1-6H3. The highest BCUT2D eigenvalue weighted by Gasteiger charge is 2.46. The zero-order valence-corrected chi connectivity index (χ0v) is 19.5. The van der Waals surface area contributed by atoms with Crippen LogP contribution in [0.4, 0.5) is 0 Å². The summed E-state index contributed by atoms with van der Waals surface area (Å²) in [6, 6.07) is 0. The van der Waals surface area contributed by atoms with Crippen LogP contribution in [0.2, 0.25) is 0 Å². The summed E-state index contributed by atoms with van der Waals surface area (Å²) in [5.41, 5.74) is -0.361. The molecule has 0 aromatic heterocycles. The molecule has 0 spiro atoms. The number of ketones is 1. The minimum absolute atomic E-state index is 0.0705. The summed E-state index contributed by atoms with van der Waals surface area (Å²) in [5, 5.41) is 0. The van der Waals surface area contributed by atoms with Crippen LogP contribution in [0.3, 0.4) is 0 Å². The van der Waals surface area contributed by atoms with Gasteiger partial charge in [-0.3, -0.25) is 9.59 Å². The molecule has 164 valence electrons. The van der Waals surface area contributed by atoms with Crippen molar-refractivity contribution in [3.05, 3.63) is 0 Å². The Balaban J connectivity index is 2.15. The lowest BCUT2D eigenvalue weighted by Crippen LogP contribution is -2.32. The molecular formula is C25H46O3. The fraction of sp³-hybridized carbons (Fsp3) is 0.920. The Labute approximate surface area is 174 Å². The van der Waals surface area contributed by atoms with Crippen LogP contribution in [0, 0.1) is 23.2 Å². The lowest BCUT2D eigenvalue weighted by atomic mass is 9.73. The summed E-state index contributed by atoms with van der Waals surface area (Å²) in [6.45, 7) is 12.7. The molecule has 1 rings (SSSR count). The Morgan fingerprint density at radius 2 is 1.36 bits per heavy atom. The van der Waals surface area contributed by atoms with Crippen LogP contribution >= 0.6 is 0 Å². The average molecular weight is 395 g/mol. The maximum absolute atomic E-state index is 12.7. The fourth-order valence-corrected chi connectivity index (χ4v) is 3.98. The summed E-state index contributed by atoms with van der Waals surface area (Å²) < 4.78 is 5.45. The van der Waals surface area contributed by atoms with Gasteiger partial charge in [0.25, 0.3) is 0 Å². The molecule has 0 amide bonds. The van der Waals surface area contributed by atoms with Crippen LogP contribution in [-0.4, -0.2) is 17.9 Å². The predicted molar refractivity (Wildman–Crippen MR) is 117 cm³/mol. The van der Waals surface area contributed by atoms with E-state index in [1.165, 1.54) is 57.8 Å². The van der Waals surface area contributed by atoms with Crippen LogP contribution in [0.1, 0.15) is 119 Å². The highest BCUT2D eigenvalue weighted by atomic mass is 16.5. The second-order valence-corrected chi connectivity index (χ2v) is 9.84. The molecule has 0 saturated heterocycles. The average Bonchev–Trinajstić information content (AvgIpc) is 3.22. The normalized spacial score (nSPS) is 22.7. The summed E-state index contributed by atoms with van der Waals surface area (Å²) in [6.07, 6.45) is 13.7. The lowest BCUT2D eigenvalue weighted by Gasteiger charge is -2.30. The van der Waals surface area contributed by atoms with E-state index < -0.39 is 0 Å². The van der Waals surface area contributed by atoms with Gasteiger partial charge in [-0.1, -0.05) is 99.3 Å². The molecule has 3 heteroatoms. The minimum Gasteiger partial charge on any atom is -0.462 e. The van der Waals surface area contributed by atoms with Crippen molar-refractivity contribution in [1.82, 2.24) is 0 Å². The van der Waals surface area contributed by atoms with Gasteiger partial charge >= 0.3 is 5.97 Å². The summed E-state index contributed by atoms with van der Waals surface area (Å²) in [5.74, 6) is 1.27. The van der Waals surface area contributed by atoms with E-state index in [1.54, 1.807) is 0 Å². The van der Waals surface area contributed by atoms with Gasteiger partial charge in [-0.25, -0.2) is 0 Å². The van der Waals surface area contributed by atoms with E-state index in [0.717, 1.165) is 6.42 Å². The highest BCUT2D eigenvalue weighted by molar-refractivity contribution is 5.87. The van der Waals surface area contributed by atoms with Gasteiger partial charge in [0, 0.05) is 11.8 Å². The Morgan fingerprint density at radius 3 is 1.86 bits per heavy atom. The van der Waals surface area contributed by atoms with Gasteiger partial charge in [0.05, 0.1) is 6.42 Å². The molecule has 1 fully saturated rings. The number of hydrogen-bond donors (Lipinski definition) is 0. The highest BCUT2D eigenvalue weighted by Crippen LogP contribution is 2.41. The Bertz CT molecular complexity index is 460. The first kappa shape index (κ1) is 25.2. The molecule has 0 heterocycles. The number of carbonyl (C=O) groups excluding carboxylic acids is 2. The number of hydrogen-bond acceptors (Lipinski definition) is 3. The first-order valence-corrected chi connectivity index (χ1v) is 11.9. The van der Waals surface area contributed by atoms with Crippen molar-refractivity contribution < 1.29 is 14.3 Å². The third-order valence-electron chi connectivity index (χ3n) is 7.24. The largest absolute Gasteiger partial charge is 0.462 e. The van der Waals surface area contributed by atoms with E-state index in [2.05, 4.69) is 27.7 Å². The van der Waals surface area contributed by atoms with Gasteiger partial charge in [-0.15, -0.1) is 0 Å². The molecule has 0 aliphatic heterocycles. The van der Waals surface area contributed by atoms with Gasteiger partial charge in [0.2, 0.25) is 0 Å². The predicted octanol–water partition coefficient (Wildman–Crippen LogP) is 7.12. The van der Waals surface area contributed by atoms with Gasteiger partial charge in [-0.2, -0.15) is 0 Å². The van der Waals surface area contributed by atoms with E-state index in [1.807, 2.05) is 13.8 Å². The van der Waals surface area contributed by atoms with Crippen LogP contribution in [-0.2, 0) is 14.3 Å². The van der Waals surface area contributed by atoms with Crippen molar-refractivity contribution in [1.29, 1.82) is 0 Å². The minimum atomic E-state index is -0.361. The SMILES string of the molecule is CCCCCCCCCCCC(C)C(C)(C)C(=O)CCC(=O)OC1C(C)C1C. The number of esters is 1. The van der Waals surface area contributed by atoms with Crippen LogP contribution < -0.4 is 0 Å². The molecule has 0 bridgehead atoms. The number of carbonyl (C=O) groups is 2. The molecular weight excluding hydrogens is 348 g/mol. The number of unbranched alkanes of at least 4 members (excludes halogenated alkanes) is 8. The molecule has 0 radical (unpaired) electrons. The second kappa shape index (κ2) is 12.6. The summed E-state index contributed by atoms with van der Waals surface area (Å²) in [7, 11) is 0. The molecule has 28 heavy (non-hydrogen) atoms. The third kappa shape index (κ3) is 8.66. The lowest BCUT2D eigenvalue weighted by molar-refractivity contribution is -0.147. The van der Waals surface area contributed by atoms with Crippen LogP contribution in [0.5, 0.6) is 0 Å². The topological polar surface area (TPSA) is 43.4 Å². The summed E-state index contributed by atoms with van der Waals surface area (Å²) in [4.78, 5) is 24.7. The molecule has 3 atom stereocenters.